The van der Waals surface area contributed by atoms with Gasteiger partial charge in [-0.2, -0.15) is 0 Å². The molecule has 0 amide bonds. The fourth-order valence-electron chi connectivity index (χ4n) is 2.25. The molecule has 76 valence electrons. The molecule has 0 fully saturated rings. The first-order chi connectivity index (χ1) is 6.70. The Morgan fingerprint density at radius 2 is 2.21 bits per heavy atom. The molecule has 1 unspecified atom stereocenters. The Labute approximate surface area is 85.5 Å². The molecular formula is C12H17NO. The van der Waals surface area contributed by atoms with Gasteiger partial charge in [0.2, 0.25) is 0 Å². The van der Waals surface area contributed by atoms with E-state index in [1.54, 1.807) is 7.11 Å². The third kappa shape index (κ3) is 1.62. The Morgan fingerprint density at radius 1 is 1.43 bits per heavy atom. The predicted molar refractivity (Wildman–Crippen MR) is 57.7 cm³/mol. The topological polar surface area (TPSA) is 12.5 Å². The molecule has 2 rings (SSSR count). The Balaban J connectivity index is 2.39. The first-order valence-electron chi connectivity index (χ1n) is 5.06. The number of nitrogens with zero attached hydrogens (tertiary/aromatic N) is 1. The number of ether oxygens (including phenoxy) is 1. The van der Waals surface area contributed by atoms with E-state index < -0.39 is 0 Å². The molecule has 1 heterocycles. The highest BCUT2D eigenvalue weighted by molar-refractivity contribution is 5.39. The van der Waals surface area contributed by atoms with Crippen molar-refractivity contribution in [3.8, 4) is 5.75 Å². The molecule has 0 N–H and O–H groups in total. The van der Waals surface area contributed by atoms with Crippen molar-refractivity contribution in [3.05, 3.63) is 29.3 Å². The Bertz CT molecular complexity index is 335. The molecule has 1 aliphatic rings. The van der Waals surface area contributed by atoms with Crippen molar-refractivity contribution in [2.45, 2.75) is 19.4 Å². The minimum Gasteiger partial charge on any atom is -0.497 e. The average Bonchev–Trinajstić information content (AvgIpc) is 2.16. The summed E-state index contributed by atoms with van der Waals surface area (Å²) in [6.45, 7) is 4.47. The molecule has 1 aromatic rings. The van der Waals surface area contributed by atoms with Crippen LogP contribution in [0.5, 0.6) is 5.75 Å². The molecule has 2 nitrogen and oxygen atoms in total. The molecule has 0 spiro atoms. The Kier molecular flexibility index (Phi) is 2.46. The Morgan fingerprint density at radius 3 is 2.93 bits per heavy atom. The quantitative estimate of drug-likeness (QED) is 0.675. The smallest absolute Gasteiger partial charge is 0.119 e. The van der Waals surface area contributed by atoms with Gasteiger partial charge in [0.05, 0.1) is 7.11 Å². The van der Waals surface area contributed by atoms with Gasteiger partial charge in [-0.05, 0) is 36.2 Å². The monoisotopic (exact) mass is 191 g/mol. The summed E-state index contributed by atoms with van der Waals surface area (Å²) in [6, 6.07) is 6.41. The summed E-state index contributed by atoms with van der Waals surface area (Å²) in [7, 11) is 3.89. The molecule has 0 aromatic heterocycles. The second kappa shape index (κ2) is 3.62. The van der Waals surface area contributed by atoms with Crippen LogP contribution in [0.2, 0.25) is 0 Å². The van der Waals surface area contributed by atoms with Gasteiger partial charge < -0.3 is 9.64 Å². The minimum absolute atomic E-state index is 0.634. The van der Waals surface area contributed by atoms with Gasteiger partial charge in [0.1, 0.15) is 5.75 Å². The standard InChI is InChI=1S/C12H17NO/c1-9-7-13(2)8-10-6-11(14-3)4-5-12(9)10/h4-6,9H,7-8H2,1-3H3. The molecule has 0 saturated heterocycles. The molecule has 0 aliphatic carbocycles. The summed E-state index contributed by atoms with van der Waals surface area (Å²) in [5.74, 6) is 1.60. The van der Waals surface area contributed by atoms with Crippen LogP contribution in [0.15, 0.2) is 18.2 Å². The number of hydrogen-bond donors (Lipinski definition) is 0. The maximum absolute atomic E-state index is 5.23. The van der Waals surface area contributed by atoms with Crippen LogP contribution in [0, 0.1) is 0 Å². The van der Waals surface area contributed by atoms with E-state index in [9.17, 15) is 0 Å². The summed E-state index contributed by atoms with van der Waals surface area (Å²) in [5.41, 5.74) is 2.88. The van der Waals surface area contributed by atoms with Crippen molar-refractivity contribution < 1.29 is 4.74 Å². The van der Waals surface area contributed by atoms with Gasteiger partial charge in [0, 0.05) is 13.1 Å². The summed E-state index contributed by atoms with van der Waals surface area (Å²) in [6.07, 6.45) is 0. The lowest BCUT2D eigenvalue weighted by Crippen LogP contribution is -2.29. The maximum atomic E-state index is 5.23. The molecule has 0 saturated carbocycles. The van der Waals surface area contributed by atoms with E-state index in [2.05, 4.69) is 37.1 Å². The highest BCUT2D eigenvalue weighted by Crippen LogP contribution is 2.29. The predicted octanol–water partition coefficient (Wildman–Crippen LogP) is 2.24. The first-order valence-corrected chi connectivity index (χ1v) is 5.06. The molecule has 14 heavy (non-hydrogen) atoms. The minimum atomic E-state index is 0.634. The first kappa shape index (κ1) is 9.53. The van der Waals surface area contributed by atoms with Crippen LogP contribution in [0.25, 0.3) is 0 Å². The largest absolute Gasteiger partial charge is 0.497 e. The van der Waals surface area contributed by atoms with E-state index in [0.29, 0.717) is 5.92 Å². The molecule has 1 aliphatic heterocycles. The van der Waals surface area contributed by atoms with Crippen LogP contribution in [0.4, 0.5) is 0 Å². The number of rotatable bonds is 1. The van der Waals surface area contributed by atoms with Crippen LogP contribution in [0.1, 0.15) is 24.0 Å². The van der Waals surface area contributed by atoms with Crippen molar-refractivity contribution in [1.82, 2.24) is 4.90 Å². The van der Waals surface area contributed by atoms with Crippen LogP contribution >= 0.6 is 0 Å². The zero-order valence-electron chi connectivity index (χ0n) is 9.08. The SMILES string of the molecule is COc1ccc2c(c1)CN(C)CC2C. The summed E-state index contributed by atoms with van der Waals surface area (Å²) >= 11 is 0. The van der Waals surface area contributed by atoms with Crippen LogP contribution in [0.3, 0.4) is 0 Å². The molecule has 1 atom stereocenters. The van der Waals surface area contributed by atoms with Gasteiger partial charge in [-0.3, -0.25) is 0 Å². The summed E-state index contributed by atoms with van der Waals surface area (Å²) in [5, 5.41) is 0. The molecular weight excluding hydrogens is 174 g/mol. The van der Waals surface area contributed by atoms with E-state index in [1.165, 1.54) is 11.1 Å². The molecule has 0 bridgehead atoms. The number of fused-ring (bicyclic) bond motifs is 1. The number of benzene rings is 1. The fraction of sp³-hybridized carbons (Fsp3) is 0.500. The van der Waals surface area contributed by atoms with E-state index >= 15 is 0 Å². The number of likely N-dealkylation sites (N-methyl/N-ethyl adjacent to an activating group) is 1. The van der Waals surface area contributed by atoms with Crippen molar-refractivity contribution in [1.29, 1.82) is 0 Å². The lowest BCUT2D eigenvalue weighted by atomic mass is 9.91. The van der Waals surface area contributed by atoms with Gasteiger partial charge in [-0.1, -0.05) is 13.0 Å². The Hall–Kier alpha value is -1.02. The van der Waals surface area contributed by atoms with Crippen LogP contribution in [-0.2, 0) is 6.54 Å². The summed E-state index contributed by atoms with van der Waals surface area (Å²) in [4.78, 5) is 2.35. The fourth-order valence-corrected chi connectivity index (χ4v) is 2.25. The van der Waals surface area contributed by atoms with Gasteiger partial charge in [-0.25, -0.2) is 0 Å². The van der Waals surface area contributed by atoms with E-state index in [4.69, 9.17) is 4.74 Å². The van der Waals surface area contributed by atoms with E-state index in [0.717, 1.165) is 18.8 Å². The third-order valence-corrected chi connectivity index (χ3v) is 2.91. The van der Waals surface area contributed by atoms with Crippen LogP contribution in [-0.4, -0.2) is 25.6 Å². The van der Waals surface area contributed by atoms with Crippen LogP contribution < -0.4 is 4.74 Å². The zero-order chi connectivity index (χ0) is 10.1. The number of methoxy groups -OCH3 is 1. The van der Waals surface area contributed by atoms with Gasteiger partial charge in [0.15, 0.2) is 0 Å². The molecule has 0 radical (unpaired) electrons. The molecule has 1 aromatic carbocycles. The normalized spacial score (nSPS) is 21.8. The van der Waals surface area contributed by atoms with Crippen molar-refractivity contribution in [3.63, 3.8) is 0 Å². The zero-order valence-corrected chi connectivity index (χ0v) is 9.08. The lowest BCUT2D eigenvalue weighted by molar-refractivity contribution is 0.287. The maximum Gasteiger partial charge on any atom is 0.119 e. The van der Waals surface area contributed by atoms with E-state index in [-0.39, 0.29) is 0 Å². The van der Waals surface area contributed by atoms with Crippen molar-refractivity contribution in [2.75, 3.05) is 20.7 Å². The molecule has 2 heteroatoms. The average molecular weight is 191 g/mol. The lowest BCUT2D eigenvalue weighted by Gasteiger charge is -2.30. The highest BCUT2D eigenvalue weighted by Gasteiger charge is 2.19. The number of hydrogen-bond acceptors (Lipinski definition) is 2. The van der Waals surface area contributed by atoms with Gasteiger partial charge >= 0.3 is 0 Å². The highest BCUT2D eigenvalue weighted by atomic mass is 16.5. The van der Waals surface area contributed by atoms with Crippen molar-refractivity contribution in [2.24, 2.45) is 0 Å². The second-order valence-electron chi connectivity index (χ2n) is 4.16. The van der Waals surface area contributed by atoms with Crippen molar-refractivity contribution >= 4 is 0 Å². The second-order valence-corrected chi connectivity index (χ2v) is 4.16. The third-order valence-electron chi connectivity index (χ3n) is 2.91. The van der Waals surface area contributed by atoms with E-state index in [1.807, 2.05) is 0 Å². The van der Waals surface area contributed by atoms with Gasteiger partial charge in [0.25, 0.3) is 0 Å². The van der Waals surface area contributed by atoms with Gasteiger partial charge in [-0.15, -0.1) is 0 Å². The summed E-state index contributed by atoms with van der Waals surface area (Å²) < 4.78 is 5.23.